The molecule has 1 aliphatic carbocycles. The Labute approximate surface area is 131 Å². The molecule has 4 heteroatoms. The van der Waals surface area contributed by atoms with Crippen LogP contribution in [0.3, 0.4) is 0 Å². The monoisotopic (exact) mass is 347 g/mol. The van der Waals surface area contributed by atoms with Gasteiger partial charge in [-0.1, -0.05) is 40.2 Å². The van der Waals surface area contributed by atoms with E-state index in [9.17, 15) is 9.18 Å². The van der Waals surface area contributed by atoms with E-state index < -0.39 is 0 Å². The largest absolute Gasteiger partial charge is 0.331 e. The van der Waals surface area contributed by atoms with Crippen molar-refractivity contribution in [2.75, 3.05) is 0 Å². The second kappa shape index (κ2) is 5.98. The zero-order valence-corrected chi connectivity index (χ0v) is 13.0. The van der Waals surface area contributed by atoms with Crippen molar-refractivity contribution in [3.05, 3.63) is 69.9 Å². The first kappa shape index (κ1) is 14.3. The summed E-state index contributed by atoms with van der Waals surface area (Å²) in [7, 11) is 0. The molecule has 0 heterocycles. The van der Waals surface area contributed by atoms with Crippen LogP contribution in [0.2, 0.25) is 0 Å². The molecule has 1 saturated carbocycles. The maximum absolute atomic E-state index is 13.8. The SMILES string of the molecule is O=C(c1cccc(Br)c1)N(Cc1ccccc1F)C1CC1. The zero-order valence-electron chi connectivity index (χ0n) is 11.4. The summed E-state index contributed by atoms with van der Waals surface area (Å²) in [6, 6.07) is 14.2. The van der Waals surface area contributed by atoms with Gasteiger partial charge in [-0.05, 0) is 37.1 Å². The normalized spacial score (nSPS) is 14.0. The summed E-state index contributed by atoms with van der Waals surface area (Å²) in [5.74, 6) is -0.299. The third-order valence-corrected chi connectivity index (χ3v) is 4.11. The first-order valence-corrected chi connectivity index (χ1v) is 7.74. The van der Waals surface area contributed by atoms with Gasteiger partial charge in [0.05, 0.1) is 0 Å². The minimum atomic E-state index is -0.259. The fraction of sp³-hybridized carbons (Fsp3) is 0.235. The summed E-state index contributed by atoms with van der Waals surface area (Å²) >= 11 is 3.38. The number of benzene rings is 2. The summed E-state index contributed by atoms with van der Waals surface area (Å²) in [4.78, 5) is 14.5. The van der Waals surface area contributed by atoms with Crippen LogP contribution in [0.1, 0.15) is 28.8 Å². The predicted molar refractivity (Wildman–Crippen MR) is 83.4 cm³/mol. The van der Waals surface area contributed by atoms with Gasteiger partial charge in [-0.25, -0.2) is 4.39 Å². The molecule has 0 aliphatic heterocycles. The summed E-state index contributed by atoms with van der Waals surface area (Å²) in [5, 5.41) is 0. The van der Waals surface area contributed by atoms with Gasteiger partial charge in [0.15, 0.2) is 0 Å². The van der Waals surface area contributed by atoms with Crippen LogP contribution in [0.5, 0.6) is 0 Å². The number of rotatable bonds is 4. The quantitative estimate of drug-likeness (QED) is 0.802. The molecule has 0 atom stereocenters. The lowest BCUT2D eigenvalue weighted by Gasteiger charge is -2.23. The molecule has 2 aromatic carbocycles. The first-order valence-electron chi connectivity index (χ1n) is 6.95. The molecule has 0 N–H and O–H groups in total. The molecule has 108 valence electrons. The van der Waals surface area contributed by atoms with Crippen LogP contribution in [-0.4, -0.2) is 16.8 Å². The highest BCUT2D eigenvalue weighted by Crippen LogP contribution is 2.30. The van der Waals surface area contributed by atoms with Crippen molar-refractivity contribution in [2.24, 2.45) is 0 Å². The second-order valence-corrected chi connectivity index (χ2v) is 6.18. The van der Waals surface area contributed by atoms with Gasteiger partial charge in [-0.2, -0.15) is 0 Å². The Hall–Kier alpha value is -1.68. The summed E-state index contributed by atoms with van der Waals surface area (Å²) in [6.07, 6.45) is 1.99. The van der Waals surface area contributed by atoms with E-state index in [1.807, 2.05) is 12.1 Å². The lowest BCUT2D eigenvalue weighted by atomic mass is 10.1. The number of carbonyl (C=O) groups excluding carboxylic acids is 1. The lowest BCUT2D eigenvalue weighted by Crippen LogP contribution is -2.32. The van der Waals surface area contributed by atoms with E-state index in [2.05, 4.69) is 15.9 Å². The molecule has 0 bridgehead atoms. The average Bonchev–Trinajstić information content (AvgIpc) is 3.30. The Morgan fingerprint density at radius 1 is 1.19 bits per heavy atom. The van der Waals surface area contributed by atoms with E-state index in [1.165, 1.54) is 6.07 Å². The molecule has 3 rings (SSSR count). The zero-order chi connectivity index (χ0) is 14.8. The standard InChI is InChI=1S/C17H15BrFNO/c18-14-6-3-5-12(10-14)17(21)20(15-8-9-15)11-13-4-1-2-7-16(13)19/h1-7,10,15H,8-9,11H2. The third-order valence-electron chi connectivity index (χ3n) is 3.62. The van der Waals surface area contributed by atoms with Gasteiger partial charge in [0, 0.05) is 28.2 Å². The summed E-state index contributed by atoms with van der Waals surface area (Å²) < 4.78 is 14.7. The molecule has 2 nitrogen and oxygen atoms in total. The van der Waals surface area contributed by atoms with Gasteiger partial charge in [0.2, 0.25) is 0 Å². The molecule has 1 fully saturated rings. The Kier molecular flexibility index (Phi) is 4.06. The van der Waals surface area contributed by atoms with Gasteiger partial charge in [0.1, 0.15) is 5.82 Å². The number of amides is 1. The number of hydrogen-bond acceptors (Lipinski definition) is 1. The van der Waals surface area contributed by atoms with Crippen LogP contribution in [0.25, 0.3) is 0 Å². The van der Waals surface area contributed by atoms with Crippen molar-refractivity contribution in [3.63, 3.8) is 0 Å². The molecule has 0 saturated heterocycles. The van der Waals surface area contributed by atoms with Crippen LogP contribution in [0, 0.1) is 5.82 Å². The molecule has 0 spiro atoms. The van der Waals surface area contributed by atoms with Crippen molar-refractivity contribution in [2.45, 2.75) is 25.4 Å². The lowest BCUT2D eigenvalue weighted by molar-refractivity contribution is 0.0728. The molecule has 21 heavy (non-hydrogen) atoms. The fourth-order valence-electron chi connectivity index (χ4n) is 2.35. The number of hydrogen-bond donors (Lipinski definition) is 0. The topological polar surface area (TPSA) is 20.3 Å². The van der Waals surface area contributed by atoms with Crippen molar-refractivity contribution < 1.29 is 9.18 Å². The van der Waals surface area contributed by atoms with E-state index in [-0.39, 0.29) is 17.8 Å². The Bertz CT molecular complexity index is 669. The Balaban J connectivity index is 1.85. The van der Waals surface area contributed by atoms with Gasteiger partial charge < -0.3 is 4.90 Å². The number of carbonyl (C=O) groups is 1. The second-order valence-electron chi connectivity index (χ2n) is 5.27. The van der Waals surface area contributed by atoms with Crippen LogP contribution in [0.15, 0.2) is 53.0 Å². The van der Waals surface area contributed by atoms with Gasteiger partial charge in [-0.3, -0.25) is 4.79 Å². The molecule has 0 aromatic heterocycles. The van der Waals surface area contributed by atoms with E-state index in [1.54, 1.807) is 35.2 Å². The van der Waals surface area contributed by atoms with E-state index in [0.29, 0.717) is 17.7 Å². The highest BCUT2D eigenvalue weighted by atomic mass is 79.9. The minimum Gasteiger partial charge on any atom is -0.331 e. The molecule has 1 amide bonds. The van der Waals surface area contributed by atoms with Crippen molar-refractivity contribution >= 4 is 21.8 Å². The fourth-order valence-corrected chi connectivity index (χ4v) is 2.75. The Morgan fingerprint density at radius 3 is 2.62 bits per heavy atom. The van der Waals surface area contributed by atoms with Crippen LogP contribution in [0.4, 0.5) is 4.39 Å². The highest BCUT2D eigenvalue weighted by Gasteiger charge is 2.33. The van der Waals surface area contributed by atoms with Crippen LogP contribution in [-0.2, 0) is 6.54 Å². The number of halogens is 2. The minimum absolute atomic E-state index is 0.0398. The summed E-state index contributed by atoms with van der Waals surface area (Å²) in [5.41, 5.74) is 1.19. The molecular formula is C17H15BrFNO. The van der Waals surface area contributed by atoms with Crippen molar-refractivity contribution in [1.29, 1.82) is 0 Å². The molecule has 2 aromatic rings. The Morgan fingerprint density at radius 2 is 1.95 bits per heavy atom. The molecule has 1 aliphatic rings. The third kappa shape index (κ3) is 3.32. The molecule has 0 unspecified atom stereocenters. The van der Waals surface area contributed by atoms with E-state index in [0.717, 1.165) is 17.3 Å². The van der Waals surface area contributed by atoms with Crippen LogP contribution >= 0.6 is 15.9 Å². The molecule has 0 radical (unpaired) electrons. The van der Waals surface area contributed by atoms with Crippen molar-refractivity contribution in [3.8, 4) is 0 Å². The molecular weight excluding hydrogens is 333 g/mol. The first-order chi connectivity index (χ1) is 10.1. The van der Waals surface area contributed by atoms with Gasteiger partial charge >= 0.3 is 0 Å². The maximum atomic E-state index is 13.8. The number of nitrogens with zero attached hydrogens (tertiary/aromatic N) is 1. The van der Waals surface area contributed by atoms with Crippen molar-refractivity contribution in [1.82, 2.24) is 4.90 Å². The van der Waals surface area contributed by atoms with E-state index in [4.69, 9.17) is 0 Å². The highest BCUT2D eigenvalue weighted by molar-refractivity contribution is 9.10. The van der Waals surface area contributed by atoms with Gasteiger partial charge in [-0.15, -0.1) is 0 Å². The predicted octanol–water partition coefficient (Wildman–Crippen LogP) is 4.39. The maximum Gasteiger partial charge on any atom is 0.254 e. The summed E-state index contributed by atoms with van der Waals surface area (Å²) in [6.45, 7) is 0.322. The van der Waals surface area contributed by atoms with Crippen LogP contribution < -0.4 is 0 Å². The van der Waals surface area contributed by atoms with Gasteiger partial charge in [0.25, 0.3) is 5.91 Å². The smallest absolute Gasteiger partial charge is 0.254 e. The van der Waals surface area contributed by atoms with E-state index >= 15 is 0 Å². The average molecular weight is 348 g/mol.